The van der Waals surface area contributed by atoms with Crippen LogP contribution in [0.2, 0.25) is 0 Å². The van der Waals surface area contributed by atoms with Crippen LogP contribution in [0.1, 0.15) is 18.5 Å². The molecule has 0 saturated heterocycles. The molecular formula is C14H12Br3N3O2. The van der Waals surface area contributed by atoms with E-state index in [4.69, 9.17) is 0 Å². The fourth-order valence-corrected chi connectivity index (χ4v) is 2.65. The van der Waals surface area contributed by atoms with Gasteiger partial charge in [-0.05, 0) is 56.5 Å². The Morgan fingerprint density at radius 3 is 2.55 bits per heavy atom. The van der Waals surface area contributed by atoms with Crippen molar-refractivity contribution >= 4 is 53.7 Å². The maximum atomic E-state index is 12.1. The summed E-state index contributed by atoms with van der Waals surface area (Å²) in [6, 6.07) is 7.52. The maximum Gasteiger partial charge on any atom is 0.282 e. The van der Waals surface area contributed by atoms with Gasteiger partial charge in [0.05, 0.1) is 16.7 Å². The molecule has 2 aromatic rings. The van der Waals surface area contributed by atoms with Crippen molar-refractivity contribution in [3.05, 3.63) is 59.8 Å². The lowest BCUT2D eigenvalue weighted by molar-refractivity contribution is -0.122. The van der Waals surface area contributed by atoms with Gasteiger partial charge in [-0.1, -0.05) is 28.1 Å². The number of rotatable bonds is 4. The van der Waals surface area contributed by atoms with Crippen molar-refractivity contribution in [1.82, 2.24) is 15.1 Å². The number of halogens is 3. The molecule has 8 heteroatoms. The van der Waals surface area contributed by atoms with E-state index in [1.807, 2.05) is 31.2 Å². The summed E-state index contributed by atoms with van der Waals surface area (Å²) < 4.78 is 2.98. The quantitative estimate of drug-likeness (QED) is 0.710. The standard InChI is InChI=1S/C14H12Br3N3O2/c1-8(9-2-4-10(15)5-3-9)19-12(21)7-20-14(22)13(17)11(16)6-18-20/h2-6,8H,7H2,1H3,(H,19,21). The first-order valence-corrected chi connectivity index (χ1v) is 8.72. The molecular weight excluding hydrogens is 482 g/mol. The third kappa shape index (κ3) is 4.27. The third-order valence-electron chi connectivity index (χ3n) is 2.98. The lowest BCUT2D eigenvalue weighted by Crippen LogP contribution is -2.35. The van der Waals surface area contributed by atoms with E-state index in [2.05, 4.69) is 58.2 Å². The summed E-state index contributed by atoms with van der Waals surface area (Å²) in [7, 11) is 0. The van der Waals surface area contributed by atoms with Crippen LogP contribution in [0.15, 0.2) is 48.7 Å². The van der Waals surface area contributed by atoms with Gasteiger partial charge in [-0.25, -0.2) is 4.68 Å². The third-order valence-corrected chi connectivity index (χ3v) is 5.41. The zero-order valence-corrected chi connectivity index (χ0v) is 16.3. The Morgan fingerprint density at radius 1 is 1.27 bits per heavy atom. The molecule has 22 heavy (non-hydrogen) atoms. The molecule has 1 amide bonds. The zero-order chi connectivity index (χ0) is 16.3. The van der Waals surface area contributed by atoms with Gasteiger partial charge in [0.2, 0.25) is 5.91 Å². The van der Waals surface area contributed by atoms with E-state index in [0.717, 1.165) is 14.7 Å². The van der Waals surface area contributed by atoms with E-state index in [0.29, 0.717) is 8.95 Å². The molecule has 0 aliphatic heterocycles. The van der Waals surface area contributed by atoms with Crippen LogP contribution in [0.5, 0.6) is 0 Å². The highest BCUT2D eigenvalue weighted by Crippen LogP contribution is 2.17. The van der Waals surface area contributed by atoms with Crippen molar-refractivity contribution in [3.63, 3.8) is 0 Å². The second-order valence-corrected chi connectivity index (χ2v) is 7.17. The summed E-state index contributed by atoms with van der Waals surface area (Å²) in [6.45, 7) is 1.75. The molecule has 0 fully saturated rings. The lowest BCUT2D eigenvalue weighted by atomic mass is 10.1. The van der Waals surface area contributed by atoms with Gasteiger partial charge < -0.3 is 5.32 Å². The summed E-state index contributed by atoms with van der Waals surface area (Å²) in [5.41, 5.74) is 0.620. The van der Waals surface area contributed by atoms with Gasteiger partial charge in [0.15, 0.2) is 0 Å². The predicted octanol–water partition coefficient (Wildman–Crippen LogP) is 3.41. The number of hydrogen-bond donors (Lipinski definition) is 1. The molecule has 0 aliphatic carbocycles. The van der Waals surface area contributed by atoms with Gasteiger partial charge in [-0.15, -0.1) is 0 Å². The number of nitrogens with zero attached hydrogens (tertiary/aromatic N) is 2. The van der Waals surface area contributed by atoms with Crippen molar-refractivity contribution < 1.29 is 4.79 Å². The van der Waals surface area contributed by atoms with E-state index in [1.54, 1.807) is 0 Å². The van der Waals surface area contributed by atoms with Gasteiger partial charge in [0, 0.05) is 4.47 Å². The molecule has 0 spiro atoms. The minimum atomic E-state index is -0.360. The summed E-state index contributed by atoms with van der Waals surface area (Å²) >= 11 is 9.72. The smallest absolute Gasteiger partial charge is 0.282 e. The molecule has 0 bridgehead atoms. The largest absolute Gasteiger partial charge is 0.348 e. The molecule has 1 aromatic heterocycles. The van der Waals surface area contributed by atoms with Gasteiger partial charge in [0.25, 0.3) is 5.56 Å². The molecule has 1 aromatic carbocycles. The lowest BCUT2D eigenvalue weighted by Gasteiger charge is -2.15. The number of benzene rings is 1. The molecule has 116 valence electrons. The van der Waals surface area contributed by atoms with Crippen LogP contribution in [0.25, 0.3) is 0 Å². The SMILES string of the molecule is CC(NC(=O)Cn1ncc(Br)c(Br)c1=O)c1ccc(Br)cc1. The van der Waals surface area contributed by atoms with E-state index in [9.17, 15) is 9.59 Å². The normalized spacial score (nSPS) is 12.0. The summed E-state index contributed by atoms with van der Waals surface area (Å²) in [4.78, 5) is 24.0. The fraction of sp³-hybridized carbons (Fsp3) is 0.214. The second-order valence-electron chi connectivity index (χ2n) is 4.61. The van der Waals surface area contributed by atoms with E-state index in [1.165, 1.54) is 6.20 Å². The number of nitrogens with one attached hydrogen (secondary N) is 1. The molecule has 2 rings (SSSR count). The van der Waals surface area contributed by atoms with Gasteiger partial charge >= 0.3 is 0 Å². The van der Waals surface area contributed by atoms with Crippen LogP contribution >= 0.6 is 47.8 Å². The number of carbonyl (C=O) groups excluding carboxylic acids is 1. The molecule has 5 nitrogen and oxygen atoms in total. The van der Waals surface area contributed by atoms with Crippen LogP contribution in [0.4, 0.5) is 0 Å². The highest BCUT2D eigenvalue weighted by atomic mass is 79.9. The number of hydrogen-bond acceptors (Lipinski definition) is 3. The fourth-order valence-electron chi connectivity index (χ4n) is 1.82. The highest BCUT2D eigenvalue weighted by molar-refractivity contribution is 9.13. The first-order valence-electron chi connectivity index (χ1n) is 6.34. The summed E-state index contributed by atoms with van der Waals surface area (Å²) in [5.74, 6) is -0.278. The van der Waals surface area contributed by atoms with Crippen LogP contribution in [-0.4, -0.2) is 15.7 Å². The van der Waals surface area contributed by atoms with Crippen molar-refractivity contribution in [1.29, 1.82) is 0 Å². The maximum absolute atomic E-state index is 12.1. The van der Waals surface area contributed by atoms with Crippen LogP contribution in [-0.2, 0) is 11.3 Å². The predicted molar refractivity (Wildman–Crippen MR) is 94.6 cm³/mol. The molecule has 1 unspecified atom stereocenters. The molecule has 0 saturated carbocycles. The Balaban J connectivity index is 2.06. The Labute approximate surface area is 152 Å². The van der Waals surface area contributed by atoms with Crippen LogP contribution in [0, 0.1) is 0 Å². The molecule has 0 radical (unpaired) electrons. The number of carbonyl (C=O) groups is 1. The topological polar surface area (TPSA) is 64.0 Å². The Hall–Kier alpha value is -0.990. The second kappa shape index (κ2) is 7.52. The molecule has 1 atom stereocenters. The number of amides is 1. The average molecular weight is 494 g/mol. The van der Waals surface area contributed by atoms with Crippen molar-refractivity contribution in [2.75, 3.05) is 0 Å². The van der Waals surface area contributed by atoms with E-state index < -0.39 is 0 Å². The monoisotopic (exact) mass is 491 g/mol. The molecule has 1 heterocycles. The Bertz CT molecular complexity index is 744. The first kappa shape index (κ1) is 17.4. The summed E-state index contributed by atoms with van der Waals surface area (Å²) in [5, 5.41) is 6.77. The van der Waals surface area contributed by atoms with Crippen LogP contribution < -0.4 is 10.9 Å². The average Bonchev–Trinajstić information content (AvgIpc) is 2.48. The van der Waals surface area contributed by atoms with Gasteiger partial charge in [0.1, 0.15) is 11.0 Å². The minimum absolute atomic E-state index is 0.133. The highest BCUT2D eigenvalue weighted by Gasteiger charge is 2.13. The zero-order valence-electron chi connectivity index (χ0n) is 11.5. The Morgan fingerprint density at radius 2 is 1.91 bits per heavy atom. The van der Waals surface area contributed by atoms with Gasteiger partial charge in [-0.3, -0.25) is 9.59 Å². The molecule has 0 aliphatic rings. The first-order chi connectivity index (χ1) is 10.4. The van der Waals surface area contributed by atoms with Gasteiger partial charge in [-0.2, -0.15) is 5.10 Å². The Kier molecular flexibility index (Phi) is 5.94. The van der Waals surface area contributed by atoms with Crippen molar-refractivity contribution in [3.8, 4) is 0 Å². The molecule has 1 N–H and O–H groups in total. The van der Waals surface area contributed by atoms with Crippen molar-refractivity contribution in [2.24, 2.45) is 0 Å². The number of aromatic nitrogens is 2. The van der Waals surface area contributed by atoms with Crippen molar-refractivity contribution in [2.45, 2.75) is 19.5 Å². The summed E-state index contributed by atoms with van der Waals surface area (Å²) in [6.07, 6.45) is 1.47. The minimum Gasteiger partial charge on any atom is -0.348 e. The van der Waals surface area contributed by atoms with Crippen LogP contribution in [0.3, 0.4) is 0 Å². The van der Waals surface area contributed by atoms with E-state index >= 15 is 0 Å². The van der Waals surface area contributed by atoms with E-state index in [-0.39, 0.29) is 24.1 Å².